The number of nitrogens with one attached hydrogen (secondary N) is 1. The minimum atomic E-state index is -0.332. The van der Waals surface area contributed by atoms with Crippen LogP contribution in [0.5, 0.6) is 11.5 Å². The van der Waals surface area contributed by atoms with E-state index >= 15 is 0 Å². The monoisotopic (exact) mass is 382 g/mol. The second-order valence-corrected chi connectivity index (χ2v) is 6.43. The molecule has 0 aliphatic carbocycles. The first-order valence-electron chi connectivity index (χ1n) is 8.65. The maximum absolute atomic E-state index is 12.7. The van der Waals surface area contributed by atoms with Gasteiger partial charge in [-0.1, -0.05) is 6.07 Å². The third kappa shape index (κ3) is 4.06. The molecule has 0 aliphatic rings. The van der Waals surface area contributed by atoms with E-state index in [4.69, 9.17) is 15.2 Å². The zero-order valence-corrected chi connectivity index (χ0v) is 16.0. The Bertz CT molecular complexity index is 1070. The van der Waals surface area contributed by atoms with Crippen LogP contribution in [0.3, 0.4) is 0 Å². The van der Waals surface area contributed by atoms with Crippen LogP contribution in [0.15, 0.2) is 41.5 Å². The Labute approximate surface area is 161 Å². The molecular weight excluding hydrogens is 360 g/mol. The maximum atomic E-state index is 12.7. The molecule has 0 unspecified atom stereocenters. The van der Waals surface area contributed by atoms with Crippen LogP contribution in [0, 0.1) is 6.92 Å². The molecule has 0 bridgehead atoms. The number of rotatable bonds is 6. The molecule has 8 heteroatoms. The quantitative estimate of drug-likeness (QED) is 0.627. The van der Waals surface area contributed by atoms with Crippen molar-refractivity contribution in [3.05, 3.63) is 58.1 Å². The number of nitrogens with zero attached hydrogens (tertiary/aromatic N) is 2. The first-order valence-corrected chi connectivity index (χ1v) is 8.65. The number of fused-ring (bicyclic) bond motifs is 1. The minimum Gasteiger partial charge on any atom is -0.493 e. The fourth-order valence-corrected chi connectivity index (χ4v) is 3.01. The van der Waals surface area contributed by atoms with E-state index in [1.807, 2.05) is 19.1 Å². The summed E-state index contributed by atoms with van der Waals surface area (Å²) in [6.07, 6.45) is 1.35. The van der Waals surface area contributed by atoms with E-state index < -0.39 is 0 Å². The molecule has 1 heterocycles. The highest BCUT2D eigenvalue weighted by Crippen LogP contribution is 2.29. The van der Waals surface area contributed by atoms with Crippen molar-refractivity contribution in [2.24, 2.45) is 0 Å². The summed E-state index contributed by atoms with van der Waals surface area (Å²) in [5, 5.41) is 3.14. The summed E-state index contributed by atoms with van der Waals surface area (Å²) in [4.78, 5) is 29.3. The van der Waals surface area contributed by atoms with Gasteiger partial charge in [0.05, 0.1) is 31.4 Å². The van der Waals surface area contributed by atoms with Gasteiger partial charge in [0.25, 0.3) is 5.56 Å². The van der Waals surface area contributed by atoms with Crippen molar-refractivity contribution in [3.8, 4) is 11.5 Å². The normalized spacial score (nSPS) is 10.7. The van der Waals surface area contributed by atoms with Crippen LogP contribution < -0.4 is 26.1 Å². The Hall–Kier alpha value is -3.55. The standard InChI is InChI=1S/C20H22N4O4/c1-12-4-13(6-14(21)5-12)9-22-19(25)10-24-11-23-16-8-18(28-3)17(27-2)7-15(16)20(24)26/h4-8,11H,9-10,21H2,1-3H3,(H,22,25). The number of amides is 1. The Morgan fingerprint density at radius 1 is 1.14 bits per heavy atom. The molecule has 0 fully saturated rings. The molecule has 146 valence electrons. The summed E-state index contributed by atoms with van der Waals surface area (Å²) in [7, 11) is 3.00. The third-order valence-electron chi connectivity index (χ3n) is 4.29. The van der Waals surface area contributed by atoms with Crippen molar-refractivity contribution in [2.45, 2.75) is 20.0 Å². The maximum Gasteiger partial charge on any atom is 0.261 e. The molecule has 8 nitrogen and oxygen atoms in total. The Balaban J connectivity index is 1.78. The summed E-state index contributed by atoms with van der Waals surface area (Å²) in [5.41, 5.74) is 8.51. The topological polar surface area (TPSA) is 108 Å². The van der Waals surface area contributed by atoms with Gasteiger partial charge in [-0.25, -0.2) is 4.98 Å². The zero-order valence-electron chi connectivity index (χ0n) is 16.0. The molecule has 1 aromatic heterocycles. The van der Waals surface area contributed by atoms with Gasteiger partial charge in [0.1, 0.15) is 6.54 Å². The molecule has 3 N–H and O–H groups in total. The highest BCUT2D eigenvalue weighted by Gasteiger charge is 2.12. The molecule has 3 aromatic rings. The zero-order chi connectivity index (χ0) is 20.3. The van der Waals surface area contributed by atoms with Crippen molar-refractivity contribution in [1.82, 2.24) is 14.9 Å². The molecule has 0 saturated carbocycles. The summed E-state index contributed by atoms with van der Waals surface area (Å²) < 4.78 is 11.7. The number of hydrogen-bond acceptors (Lipinski definition) is 6. The minimum absolute atomic E-state index is 0.141. The van der Waals surface area contributed by atoms with Gasteiger partial charge < -0.3 is 20.5 Å². The van der Waals surface area contributed by atoms with E-state index in [1.54, 1.807) is 18.2 Å². The Kier molecular flexibility index (Phi) is 5.49. The van der Waals surface area contributed by atoms with Crippen molar-refractivity contribution >= 4 is 22.5 Å². The van der Waals surface area contributed by atoms with E-state index in [1.165, 1.54) is 25.1 Å². The number of carbonyl (C=O) groups is 1. The number of methoxy groups -OCH3 is 2. The van der Waals surface area contributed by atoms with Gasteiger partial charge in [-0.3, -0.25) is 14.2 Å². The number of aryl methyl sites for hydroxylation is 1. The van der Waals surface area contributed by atoms with E-state index in [-0.39, 0.29) is 18.0 Å². The molecule has 0 aliphatic heterocycles. The van der Waals surface area contributed by atoms with Crippen LogP contribution in [0.4, 0.5) is 5.69 Å². The summed E-state index contributed by atoms with van der Waals surface area (Å²) >= 11 is 0. The predicted molar refractivity (Wildman–Crippen MR) is 107 cm³/mol. The third-order valence-corrected chi connectivity index (χ3v) is 4.29. The fraction of sp³-hybridized carbons (Fsp3) is 0.250. The molecule has 0 saturated heterocycles. The van der Waals surface area contributed by atoms with Gasteiger partial charge in [-0.2, -0.15) is 0 Å². The molecule has 2 aromatic carbocycles. The van der Waals surface area contributed by atoms with E-state index in [0.29, 0.717) is 34.6 Å². The molecule has 3 rings (SSSR count). The number of anilines is 1. The lowest BCUT2D eigenvalue weighted by atomic mass is 10.1. The van der Waals surface area contributed by atoms with Gasteiger partial charge in [-0.15, -0.1) is 0 Å². The summed E-state index contributed by atoms with van der Waals surface area (Å²) in [6, 6.07) is 8.79. The number of carbonyl (C=O) groups excluding carboxylic acids is 1. The van der Waals surface area contributed by atoms with Crippen LogP contribution in [0.2, 0.25) is 0 Å². The van der Waals surface area contributed by atoms with Gasteiger partial charge in [0, 0.05) is 18.3 Å². The fourth-order valence-electron chi connectivity index (χ4n) is 3.01. The van der Waals surface area contributed by atoms with E-state index in [0.717, 1.165) is 11.1 Å². The highest BCUT2D eigenvalue weighted by molar-refractivity contribution is 5.82. The van der Waals surface area contributed by atoms with Crippen LogP contribution in [-0.4, -0.2) is 29.7 Å². The average molecular weight is 382 g/mol. The van der Waals surface area contributed by atoms with E-state index in [2.05, 4.69) is 10.3 Å². The molecule has 0 radical (unpaired) electrons. The first-order chi connectivity index (χ1) is 13.4. The lowest BCUT2D eigenvalue weighted by Gasteiger charge is -2.11. The SMILES string of the molecule is COc1cc2ncn(CC(=O)NCc3cc(C)cc(N)c3)c(=O)c2cc1OC. The van der Waals surface area contributed by atoms with Crippen LogP contribution >= 0.6 is 0 Å². The second kappa shape index (κ2) is 7.99. The largest absolute Gasteiger partial charge is 0.493 e. The second-order valence-electron chi connectivity index (χ2n) is 6.43. The van der Waals surface area contributed by atoms with Crippen LogP contribution in [-0.2, 0) is 17.9 Å². The van der Waals surface area contributed by atoms with Crippen molar-refractivity contribution in [2.75, 3.05) is 20.0 Å². The Morgan fingerprint density at radius 2 is 1.86 bits per heavy atom. The molecular formula is C20H22N4O4. The van der Waals surface area contributed by atoms with Gasteiger partial charge in [0.2, 0.25) is 5.91 Å². The number of aromatic nitrogens is 2. The molecule has 0 spiro atoms. The summed E-state index contributed by atoms with van der Waals surface area (Å²) in [6.45, 7) is 2.12. The number of benzene rings is 2. The molecule has 1 amide bonds. The average Bonchev–Trinajstić information content (AvgIpc) is 2.67. The number of hydrogen-bond donors (Lipinski definition) is 2. The van der Waals surface area contributed by atoms with Crippen molar-refractivity contribution < 1.29 is 14.3 Å². The van der Waals surface area contributed by atoms with Gasteiger partial charge in [-0.05, 0) is 36.2 Å². The molecule has 28 heavy (non-hydrogen) atoms. The summed E-state index contributed by atoms with van der Waals surface area (Å²) in [5.74, 6) is 0.603. The predicted octanol–water partition coefficient (Wildman–Crippen LogP) is 1.62. The number of nitrogens with two attached hydrogens (primary N) is 1. The lowest BCUT2D eigenvalue weighted by molar-refractivity contribution is -0.121. The first kappa shape index (κ1) is 19.2. The van der Waals surface area contributed by atoms with Crippen LogP contribution in [0.1, 0.15) is 11.1 Å². The number of nitrogen functional groups attached to an aromatic ring is 1. The van der Waals surface area contributed by atoms with Gasteiger partial charge in [0.15, 0.2) is 11.5 Å². The van der Waals surface area contributed by atoms with E-state index in [9.17, 15) is 9.59 Å². The number of ether oxygens (including phenoxy) is 2. The Morgan fingerprint density at radius 3 is 2.54 bits per heavy atom. The smallest absolute Gasteiger partial charge is 0.261 e. The van der Waals surface area contributed by atoms with Crippen LogP contribution in [0.25, 0.3) is 10.9 Å². The highest BCUT2D eigenvalue weighted by atomic mass is 16.5. The van der Waals surface area contributed by atoms with Gasteiger partial charge >= 0.3 is 0 Å². The lowest BCUT2D eigenvalue weighted by Crippen LogP contribution is -2.32. The van der Waals surface area contributed by atoms with Crippen molar-refractivity contribution in [1.29, 1.82) is 0 Å². The van der Waals surface area contributed by atoms with Crippen molar-refractivity contribution in [3.63, 3.8) is 0 Å². The molecule has 0 atom stereocenters.